The summed E-state index contributed by atoms with van der Waals surface area (Å²) in [5.41, 5.74) is 6.11. The van der Waals surface area contributed by atoms with Gasteiger partial charge in [0.15, 0.2) is 0 Å². The summed E-state index contributed by atoms with van der Waals surface area (Å²) < 4.78 is 5.05. The molecule has 0 spiro atoms. The van der Waals surface area contributed by atoms with Crippen LogP contribution in [-0.4, -0.2) is 16.1 Å². The maximum atomic E-state index is 11.0. The van der Waals surface area contributed by atoms with Crippen LogP contribution in [0.2, 0.25) is 0 Å². The van der Waals surface area contributed by atoms with Crippen molar-refractivity contribution in [2.24, 2.45) is 0 Å². The van der Waals surface area contributed by atoms with Gasteiger partial charge in [-0.25, -0.2) is 4.98 Å². The number of hydrogen-bond acceptors (Lipinski definition) is 4. The molecular formula is C20H23NO3. The Morgan fingerprint density at radius 2 is 2.17 bits per heavy atom. The third kappa shape index (κ3) is 3.34. The number of aliphatic hydroxyl groups is 1. The number of aromatic nitrogens is 1. The van der Waals surface area contributed by atoms with E-state index < -0.39 is 0 Å². The summed E-state index contributed by atoms with van der Waals surface area (Å²) >= 11 is 0. The number of carbonyl (C=O) groups excluding carboxylic acids is 1. The molecule has 0 atom stereocenters. The number of aliphatic hydroxyl groups excluding tert-OH is 1. The predicted molar refractivity (Wildman–Crippen MR) is 94.3 cm³/mol. The van der Waals surface area contributed by atoms with Gasteiger partial charge in [0.25, 0.3) is 0 Å². The van der Waals surface area contributed by atoms with Gasteiger partial charge in [0, 0.05) is 12.3 Å². The number of pyridine rings is 1. The second kappa shape index (κ2) is 7.14. The highest BCUT2D eigenvalue weighted by Crippen LogP contribution is 2.35. The van der Waals surface area contributed by atoms with Crippen LogP contribution in [0.15, 0.2) is 24.3 Å². The monoisotopic (exact) mass is 325 g/mol. The van der Waals surface area contributed by atoms with Crippen molar-refractivity contribution in [2.75, 3.05) is 0 Å². The molecule has 0 unspecified atom stereocenters. The van der Waals surface area contributed by atoms with Crippen molar-refractivity contribution in [1.29, 1.82) is 0 Å². The molecule has 0 saturated heterocycles. The maximum Gasteiger partial charge on any atom is 0.303 e. The Kier molecular flexibility index (Phi) is 4.95. The molecule has 1 aliphatic carbocycles. The van der Waals surface area contributed by atoms with Gasteiger partial charge in [0.1, 0.15) is 6.61 Å². The van der Waals surface area contributed by atoms with Gasteiger partial charge in [-0.3, -0.25) is 4.79 Å². The number of hydrogen-bond donors (Lipinski definition) is 1. The molecule has 1 heterocycles. The lowest BCUT2D eigenvalue weighted by Crippen LogP contribution is -2.04. The number of ether oxygens (including phenoxy) is 1. The maximum absolute atomic E-state index is 11.0. The lowest BCUT2D eigenvalue weighted by Gasteiger charge is -2.20. The van der Waals surface area contributed by atoms with E-state index >= 15 is 0 Å². The van der Waals surface area contributed by atoms with Gasteiger partial charge in [-0.15, -0.1) is 0 Å². The first-order valence-electron chi connectivity index (χ1n) is 8.46. The zero-order valence-electron chi connectivity index (χ0n) is 14.3. The summed E-state index contributed by atoms with van der Waals surface area (Å²) in [6.07, 6.45) is 6.84. The van der Waals surface area contributed by atoms with E-state index in [1.807, 2.05) is 25.1 Å². The third-order valence-electron chi connectivity index (χ3n) is 4.58. The zero-order chi connectivity index (χ0) is 17.1. The second-order valence-electron chi connectivity index (χ2n) is 6.33. The van der Waals surface area contributed by atoms with Crippen LogP contribution in [-0.2, 0) is 22.7 Å². The fourth-order valence-corrected chi connectivity index (χ4v) is 3.38. The Bertz CT molecular complexity index is 808. The van der Waals surface area contributed by atoms with Crippen LogP contribution >= 0.6 is 0 Å². The van der Waals surface area contributed by atoms with Crippen molar-refractivity contribution in [2.45, 2.75) is 52.7 Å². The summed E-state index contributed by atoms with van der Waals surface area (Å²) in [4.78, 5) is 15.6. The van der Waals surface area contributed by atoms with E-state index in [9.17, 15) is 9.90 Å². The highest BCUT2D eigenvalue weighted by Gasteiger charge is 2.17. The van der Waals surface area contributed by atoms with E-state index in [-0.39, 0.29) is 19.2 Å². The number of benzene rings is 1. The number of aryl methyl sites for hydroxylation is 1. The highest BCUT2D eigenvalue weighted by atomic mass is 16.5. The molecule has 24 heavy (non-hydrogen) atoms. The van der Waals surface area contributed by atoms with Gasteiger partial charge >= 0.3 is 5.97 Å². The molecule has 1 aliphatic rings. The van der Waals surface area contributed by atoms with Crippen molar-refractivity contribution in [3.05, 3.63) is 46.7 Å². The Hall–Kier alpha value is -2.20. The quantitative estimate of drug-likeness (QED) is 0.861. The molecule has 0 bridgehead atoms. The molecule has 0 radical (unpaired) electrons. The largest absolute Gasteiger partial charge is 0.459 e. The summed E-state index contributed by atoms with van der Waals surface area (Å²) in [6, 6.07) is 5.93. The van der Waals surface area contributed by atoms with E-state index in [0.717, 1.165) is 46.1 Å². The van der Waals surface area contributed by atoms with Gasteiger partial charge in [-0.05, 0) is 67.0 Å². The first-order valence-corrected chi connectivity index (χ1v) is 8.46. The fraction of sp³-hybridized carbons (Fsp3) is 0.400. The number of esters is 1. The highest BCUT2D eigenvalue weighted by molar-refractivity contribution is 5.94. The molecule has 0 saturated carbocycles. The standard InChI is InChI=1S/C20H23NO3/c1-13-10-19-17(9-8-16(21-19)12-24-14(2)23)20(18(13)11-22)15-6-4-3-5-7-15/h6,8-10,22H,3-5,7,11-12H2,1-2H3. The van der Waals surface area contributed by atoms with Crippen LogP contribution in [0, 0.1) is 6.92 Å². The van der Waals surface area contributed by atoms with Crippen molar-refractivity contribution < 1.29 is 14.6 Å². The van der Waals surface area contributed by atoms with Crippen LogP contribution in [0.1, 0.15) is 55.0 Å². The van der Waals surface area contributed by atoms with Gasteiger partial charge < -0.3 is 9.84 Å². The molecule has 0 amide bonds. The minimum atomic E-state index is -0.309. The zero-order valence-corrected chi connectivity index (χ0v) is 14.3. The third-order valence-corrected chi connectivity index (χ3v) is 4.58. The molecule has 0 fully saturated rings. The molecule has 0 aliphatic heterocycles. The SMILES string of the molecule is CC(=O)OCc1ccc2c(C3=CCCCC3)c(CO)c(C)cc2n1. The van der Waals surface area contributed by atoms with Crippen molar-refractivity contribution in [1.82, 2.24) is 4.98 Å². The number of fused-ring (bicyclic) bond motifs is 1. The second-order valence-corrected chi connectivity index (χ2v) is 6.33. The molecular weight excluding hydrogens is 302 g/mol. The molecule has 3 rings (SSSR count). The van der Waals surface area contributed by atoms with Gasteiger partial charge in [0.05, 0.1) is 17.8 Å². The first kappa shape index (κ1) is 16.7. The molecule has 4 nitrogen and oxygen atoms in total. The Morgan fingerprint density at radius 1 is 1.33 bits per heavy atom. The van der Waals surface area contributed by atoms with Gasteiger partial charge in [-0.1, -0.05) is 12.1 Å². The molecule has 4 heteroatoms. The average molecular weight is 325 g/mol. The summed E-state index contributed by atoms with van der Waals surface area (Å²) in [5, 5.41) is 10.9. The summed E-state index contributed by atoms with van der Waals surface area (Å²) in [7, 11) is 0. The van der Waals surface area contributed by atoms with Gasteiger partial charge in [0.2, 0.25) is 0 Å². The van der Waals surface area contributed by atoms with E-state index in [0.29, 0.717) is 0 Å². The van der Waals surface area contributed by atoms with Crippen LogP contribution in [0.3, 0.4) is 0 Å². The average Bonchev–Trinajstić information content (AvgIpc) is 2.59. The summed E-state index contributed by atoms with van der Waals surface area (Å²) in [6.45, 7) is 3.62. The minimum Gasteiger partial charge on any atom is -0.459 e. The Morgan fingerprint density at radius 3 is 2.83 bits per heavy atom. The topological polar surface area (TPSA) is 59.4 Å². The molecule has 126 valence electrons. The Balaban J connectivity index is 2.13. The summed E-state index contributed by atoms with van der Waals surface area (Å²) in [5.74, 6) is -0.309. The van der Waals surface area contributed by atoms with Crippen LogP contribution in [0.4, 0.5) is 0 Å². The van der Waals surface area contributed by atoms with E-state index in [4.69, 9.17) is 4.74 Å². The molecule has 1 aromatic heterocycles. The normalized spacial score (nSPS) is 14.5. The lowest BCUT2D eigenvalue weighted by molar-refractivity contribution is -0.142. The van der Waals surface area contributed by atoms with E-state index in [2.05, 4.69) is 11.1 Å². The number of rotatable bonds is 4. The van der Waals surface area contributed by atoms with Crippen molar-refractivity contribution in [3.8, 4) is 0 Å². The smallest absolute Gasteiger partial charge is 0.303 e. The van der Waals surface area contributed by atoms with Crippen LogP contribution < -0.4 is 0 Å². The van der Waals surface area contributed by atoms with E-state index in [1.54, 1.807) is 0 Å². The van der Waals surface area contributed by atoms with Crippen LogP contribution in [0.25, 0.3) is 16.5 Å². The molecule has 1 N–H and O–H groups in total. The number of carbonyl (C=O) groups is 1. The van der Waals surface area contributed by atoms with Crippen LogP contribution in [0.5, 0.6) is 0 Å². The van der Waals surface area contributed by atoms with Crippen molar-refractivity contribution in [3.63, 3.8) is 0 Å². The molecule has 2 aromatic rings. The number of nitrogens with zero attached hydrogens (tertiary/aromatic N) is 1. The fourth-order valence-electron chi connectivity index (χ4n) is 3.38. The van der Waals surface area contributed by atoms with Crippen molar-refractivity contribution >= 4 is 22.4 Å². The molecule has 1 aromatic carbocycles. The first-order chi connectivity index (χ1) is 11.6. The lowest BCUT2D eigenvalue weighted by atomic mass is 9.86. The Labute approximate surface area is 142 Å². The number of allylic oxidation sites excluding steroid dienone is 2. The van der Waals surface area contributed by atoms with E-state index in [1.165, 1.54) is 25.3 Å². The minimum absolute atomic E-state index is 0.0314. The van der Waals surface area contributed by atoms with Gasteiger partial charge in [-0.2, -0.15) is 0 Å². The predicted octanol–water partition coefficient (Wildman–Crippen LogP) is 4.06.